The fraction of sp³-hybridized carbons (Fsp3) is 0.600. The zero-order valence-electron chi connectivity index (χ0n) is 21.4. The lowest BCUT2D eigenvalue weighted by atomic mass is 10.2. The molecule has 1 saturated heterocycles. The Balaban J connectivity index is 1.65. The van der Waals surface area contributed by atoms with Gasteiger partial charge in [-0.25, -0.2) is 9.59 Å². The molecule has 2 aliphatic rings. The number of hydrogen-bond donors (Lipinski definition) is 3. The molecule has 1 saturated carbocycles. The average Bonchev–Trinajstić information content (AvgIpc) is 3.42. The van der Waals surface area contributed by atoms with Crippen molar-refractivity contribution in [3.63, 3.8) is 0 Å². The molecule has 3 rings (SSSR count). The number of benzene rings is 1. The van der Waals surface area contributed by atoms with Crippen LogP contribution < -0.4 is 16.0 Å². The van der Waals surface area contributed by atoms with Gasteiger partial charge in [0.25, 0.3) is 0 Å². The van der Waals surface area contributed by atoms with E-state index in [1.165, 1.54) is 12.8 Å². The van der Waals surface area contributed by atoms with Gasteiger partial charge in [0.15, 0.2) is 0 Å². The molecule has 10 nitrogen and oxygen atoms in total. The Labute approximate surface area is 206 Å². The molecule has 0 aromatic heterocycles. The summed E-state index contributed by atoms with van der Waals surface area (Å²) in [5.41, 5.74) is -0.267. The van der Waals surface area contributed by atoms with Crippen molar-refractivity contribution in [2.75, 3.05) is 17.2 Å². The maximum atomic E-state index is 12.8. The summed E-state index contributed by atoms with van der Waals surface area (Å²) in [6, 6.07) is 7.39. The lowest BCUT2D eigenvalue weighted by Crippen LogP contribution is -2.41. The van der Waals surface area contributed by atoms with Gasteiger partial charge in [-0.2, -0.15) is 0 Å². The van der Waals surface area contributed by atoms with Crippen LogP contribution in [0.25, 0.3) is 0 Å². The summed E-state index contributed by atoms with van der Waals surface area (Å²) in [5.74, 6) is -0.134. The number of guanidine groups is 1. The van der Waals surface area contributed by atoms with Crippen LogP contribution in [0.3, 0.4) is 0 Å². The third-order valence-corrected chi connectivity index (χ3v) is 5.24. The second kappa shape index (κ2) is 10.6. The summed E-state index contributed by atoms with van der Waals surface area (Å²) in [7, 11) is 0. The molecule has 1 heterocycles. The van der Waals surface area contributed by atoms with E-state index >= 15 is 0 Å². The third-order valence-electron chi connectivity index (χ3n) is 5.24. The van der Waals surface area contributed by atoms with Crippen molar-refractivity contribution in [1.29, 1.82) is 0 Å². The zero-order chi connectivity index (χ0) is 25.8. The number of carbonyl (C=O) groups excluding carboxylic acids is 3. The summed E-state index contributed by atoms with van der Waals surface area (Å²) in [5, 5.41) is 8.33. The summed E-state index contributed by atoms with van der Waals surface area (Å²) in [6.45, 7) is 11.3. The predicted molar refractivity (Wildman–Crippen MR) is 134 cm³/mol. The highest BCUT2D eigenvalue weighted by molar-refractivity contribution is 6.06. The van der Waals surface area contributed by atoms with Gasteiger partial charge in [0.2, 0.25) is 11.9 Å². The first-order valence-corrected chi connectivity index (χ1v) is 12.0. The molecule has 1 aliphatic carbocycles. The van der Waals surface area contributed by atoms with E-state index in [0.29, 0.717) is 17.4 Å². The number of anilines is 2. The van der Waals surface area contributed by atoms with E-state index in [2.05, 4.69) is 25.8 Å². The molecule has 1 aliphatic heterocycles. The Morgan fingerprint density at radius 2 is 1.46 bits per heavy atom. The molecule has 0 unspecified atom stereocenters. The largest absolute Gasteiger partial charge is 0.444 e. The molecule has 3 N–H and O–H groups in total. The third kappa shape index (κ3) is 8.86. The van der Waals surface area contributed by atoms with Crippen LogP contribution in [0.5, 0.6) is 0 Å². The molecule has 3 amide bonds. The van der Waals surface area contributed by atoms with E-state index in [-0.39, 0.29) is 17.9 Å². The van der Waals surface area contributed by atoms with Gasteiger partial charge in [0.1, 0.15) is 11.2 Å². The molecular weight excluding hydrogens is 450 g/mol. The average molecular weight is 488 g/mol. The number of aliphatic imine (C=N–C) groups is 1. The number of carbonyl (C=O) groups is 3. The smallest absolute Gasteiger partial charge is 0.437 e. The van der Waals surface area contributed by atoms with E-state index in [1.54, 1.807) is 65.8 Å². The molecule has 0 spiro atoms. The summed E-state index contributed by atoms with van der Waals surface area (Å²) < 4.78 is 10.5. The highest BCUT2D eigenvalue weighted by Gasteiger charge is 2.40. The Bertz CT molecular complexity index is 958. The molecule has 1 aromatic carbocycles. The van der Waals surface area contributed by atoms with Crippen LogP contribution in [-0.4, -0.2) is 58.8 Å². The van der Waals surface area contributed by atoms with Crippen LogP contribution in [-0.2, 0) is 14.3 Å². The molecule has 35 heavy (non-hydrogen) atoms. The highest BCUT2D eigenvalue weighted by Crippen LogP contribution is 2.33. The SMILES string of the molecule is CC(C)(C)OC(=O)/N=C(/NC(=O)OC(C)(C)C)Nc1ccc(NC(=O)[C@H]2CCCN2C2CC2)cc1. The minimum absolute atomic E-state index is 0.00822. The number of likely N-dealkylation sites (tertiary alicyclic amines) is 1. The van der Waals surface area contributed by atoms with Crippen molar-refractivity contribution in [2.45, 2.75) is 90.5 Å². The van der Waals surface area contributed by atoms with Gasteiger partial charge in [0.05, 0.1) is 6.04 Å². The highest BCUT2D eigenvalue weighted by atomic mass is 16.6. The van der Waals surface area contributed by atoms with Crippen LogP contribution in [0.1, 0.15) is 67.2 Å². The van der Waals surface area contributed by atoms with E-state index in [4.69, 9.17) is 9.47 Å². The number of nitrogens with one attached hydrogen (secondary N) is 3. The van der Waals surface area contributed by atoms with E-state index in [1.807, 2.05) is 0 Å². The van der Waals surface area contributed by atoms with Crippen molar-refractivity contribution < 1.29 is 23.9 Å². The quantitative estimate of drug-likeness (QED) is 0.423. The monoisotopic (exact) mass is 487 g/mol. The number of rotatable bonds is 4. The van der Waals surface area contributed by atoms with Gasteiger partial charge in [0, 0.05) is 17.4 Å². The molecule has 2 fully saturated rings. The summed E-state index contributed by atoms with van der Waals surface area (Å²) in [4.78, 5) is 43.4. The maximum Gasteiger partial charge on any atom is 0.437 e. The first kappa shape index (κ1) is 26.5. The van der Waals surface area contributed by atoms with E-state index < -0.39 is 23.4 Å². The van der Waals surface area contributed by atoms with Crippen molar-refractivity contribution in [2.24, 2.45) is 4.99 Å². The Morgan fingerprint density at radius 3 is 2.00 bits per heavy atom. The van der Waals surface area contributed by atoms with Gasteiger partial charge in [-0.05, 0) is 98.0 Å². The maximum absolute atomic E-state index is 12.8. The normalized spacial score (nSPS) is 19.1. The van der Waals surface area contributed by atoms with Crippen LogP contribution in [0.2, 0.25) is 0 Å². The molecule has 0 radical (unpaired) electrons. The van der Waals surface area contributed by atoms with Crippen LogP contribution in [0.15, 0.2) is 29.3 Å². The molecule has 192 valence electrons. The fourth-order valence-electron chi connectivity index (χ4n) is 3.78. The van der Waals surface area contributed by atoms with E-state index in [0.717, 1.165) is 19.4 Å². The van der Waals surface area contributed by atoms with Gasteiger partial charge >= 0.3 is 12.2 Å². The molecule has 0 bridgehead atoms. The van der Waals surface area contributed by atoms with Crippen molar-refractivity contribution >= 4 is 35.4 Å². The topological polar surface area (TPSA) is 121 Å². The number of alkyl carbamates (subject to hydrolysis) is 1. The van der Waals surface area contributed by atoms with Gasteiger partial charge in [-0.1, -0.05) is 0 Å². The Hall–Kier alpha value is -3.14. The number of hydrogen-bond acceptors (Lipinski definition) is 6. The van der Waals surface area contributed by atoms with Crippen molar-refractivity contribution in [3.8, 4) is 0 Å². The lowest BCUT2D eigenvalue weighted by Gasteiger charge is -2.23. The predicted octanol–water partition coefficient (Wildman–Crippen LogP) is 4.48. The number of amides is 3. The second-order valence-corrected chi connectivity index (χ2v) is 10.9. The zero-order valence-corrected chi connectivity index (χ0v) is 21.4. The Morgan fingerprint density at radius 1 is 0.886 bits per heavy atom. The van der Waals surface area contributed by atoms with Crippen LogP contribution >= 0.6 is 0 Å². The van der Waals surface area contributed by atoms with E-state index in [9.17, 15) is 14.4 Å². The van der Waals surface area contributed by atoms with Gasteiger partial charge in [-0.3, -0.25) is 15.0 Å². The summed E-state index contributed by atoms with van der Waals surface area (Å²) in [6.07, 6.45) is 2.64. The van der Waals surface area contributed by atoms with Crippen molar-refractivity contribution in [3.05, 3.63) is 24.3 Å². The molecule has 1 aromatic rings. The van der Waals surface area contributed by atoms with Crippen LogP contribution in [0, 0.1) is 0 Å². The molecule has 10 heteroatoms. The van der Waals surface area contributed by atoms with Gasteiger partial charge in [-0.15, -0.1) is 4.99 Å². The number of nitrogens with zero attached hydrogens (tertiary/aromatic N) is 2. The van der Waals surface area contributed by atoms with Gasteiger partial charge < -0.3 is 20.1 Å². The number of ether oxygens (including phenoxy) is 2. The minimum atomic E-state index is -0.864. The lowest BCUT2D eigenvalue weighted by molar-refractivity contribution is -0.120. The first-order chi connectivity index (χ1) is 16.3. The first-order valence-electron chi connectivity index (χ1n) is 12.0. The van der Waals surface area contributed by atoms with Crippen molar-refractivity contribution in [1.82, 2.24) is 10.2 Å². The van der Waals surface area contributed by atoms with Crippen LogP contribution in [0.4, 0.5) is 21.0 Å². The Kier molecular flexibility index (Phi) is 8.04. The molecule has 1 atom stereocenters. The molecular formula is C25H37N5O5. The minimum Gasteiger partial charge on any atom is -0.444 e. The summed E-state index contributed by atoms with van der Waals surface area (Å²) >= 11 is 0. The second-order valence-electron chi connectivity index (χ2n) is 10.9. The standard InChI is InChI=1S/C25H37N5O5/c1-24(2,3)34-22(32)28-21(29-23(33)35-25(4,5)6)27-17-11-9-16(10-12-17)26-20(31)19-8-7-15-30(19)18-13-14-18/h9-12,18-19H,7-8,13-15H2,1-6H3,(H,26,31)(H2,27,28,29,32,33)/t19-/m1/s1. The fourth-order valence-corrected chi connectivity index (χ4v) is 3.78.